The lowest BCUT2D eigenvalue weighted by Crippen LogP contribution is -2.30. The Morgan fingerprint density at radius 3 is 2.31 bits per heavy atom. The molecular formula is C8H12F3NO4. The van der Waals surface area contributed by atoms with Gasteiger partial charge in [-0.2, -0.15) is 13.2 Å². The van der Waals surface area contributed by atoms with Crippen molar-refractivity contribution in [3.8, 4) is 0 Å². The third-order valence-electron chi connectivity index (χ3n) is 1.66. The Bertz CT molecular complexity index is 254. The van der Waals surface area contributed by atoms with E-state index >= 15 is 0 Å². The van der Waals surface area contributed by atoms with Gasteiger partial charge < -0.3 is 15.5 Å². The standard InChI is InChI=1S/C8H12F3NO4/c9-8(10,11)3-1-6(14)12-4-2-5(13)7(15)16/h5,13H,1-4H2,(H,12,14)(H,15,16). The van der Waals surface area contributed by atoms with Crippen LogP contribution in [0.15, 0.2) is 0 Å². The number of nitrogens with one attached hydrogen (secondary N) is 1. The van der Waals surface area contributed by atoms with Crippen molar-refractivity contribution in [1.82, 2.24) is 5.32 Å². The topological polar surface area (TPSA) is 86.6 Å². The van der Waals surface area contributed by atoms with Gasteiger partial charge in [0, 0.05) is 19.4 Å². The number of halogens is 3. The predicted molar refractivity (Wildman–Crippen MR) is 46.6 cm³/mol. The third-order valence-corrected chi connectivity index (χ3v) is 1.66. The minimum atomic E-state index is -4.39. The minimum Gasteiger partial charge on any atom is -0.479 e. The molecule has 5 nitrogen and oxygen atoms in total. The van der Waals surface area contributed by atoms with Gasteiger partial charge in [-0.25, -0.2) is 4.79 Å². The number of aliphatic hydroxyl groups is 1. The zero-order valence-electron chi connectivity index (χ0n) is 8.25. The molecule has 0 aliphatic heterocycles. The molecule has 1 unspecified atom stereocenters. The number of amides is 1. The van der Waals surface area contributed by atoms with Gasteiger partial charge in [0.15, 0.2) is 6.10 Å². The van der Waals surface area contributed by atoms with Crippen molar-refractivity contribution in [1.29, 1.82) is 0 Å². The summed E-state index contributed by atoms with van der Waals surface area (Å²) in [5.41, 5.74) is 0. The second-order valence-corrected chi connectivity index (χ2v) is 3.11. The fourth-order valence-electron chi connectivity index (χ4n) is 0.815. The number of carbonyl (C=O) groups excluding carboxylic acids is 1. The number of hydrogen-bond donors (Lipinski definition) is 3. The Hall–Kier alpha value is -1.31. The zero-order chi connectivity index (χ0) is 12.8. The molecular weight excluding hydrogens is 231 g/mol. The molecule has 0 rings (SSSR count). The fourth-order valence-corrected chi connectivity index (χ4v) is 0.815. The highest BCUT2D eigenvalue weighted by Gasteiger charge is 2.27. The number of hydrogen-bond acceptors (Lipinski definition) is 3. The van der Waals surface area contributed by atoms with Gasteiger partial charge in [-0.1, -0.05) is 0 Å². The number of aliphatic carboxylic acids is 1. The number of carboxylic acid groups (broad SMARTS) is 1. The fraction of sp³-hybridized carbons (Fsp3) is 0.750. The molecule has 94 valence electrons. The van der Waals surface area contributed by atoms with E-state index in [0.29, 0.717) is 0 Å². The lowest BCUT2D eigenvalue weighted by molar-refractivity contribution is -0.147. The highest BCUT2D eigenvalue weighted by molar-refractivity contribution is 5.76. The summed E-state index contributed by atoms with van der Waals surface area (Å²) >= 11 is 0. The summed E-state index contributed by atoms with van der Waals surface area (Å²) in [5, 5.41) is 19.1. The molecule has 8 heteroatoms. The van der Waals surface area contributed by atoms with Crippen LogP contribution in [0.4, 0.5) is 13.2 Å². The highest BCUT2D eigenvalue weighted by atomic mass is 19.4. The van der Waals surface area contributed by atoms with Gasteiger partial charge in [0.05, 0.1) is 6.42 Å². The van der Waals surface area contributed by atoms with E-state index in [-0.39, 0.29) is 13.0 Å². The largest absolute Gasteiger partial charge is 0.479 e. The maximum absolute atomic E-state index is 11.7. The Morgan fingerprint density at radius 1 is 1.31 bits per heavy atom. The quantitative estimate of drug-likeness (QED) is 0.625. The van der Waals surface area contributed by atoms with Crippen LogP contribution < -0.4 is 5.32 Å². The Balaban J connectivity index is 3.63. The molecule has 0 aromatic carbocycles. The highest BCUT2D eigenvalue weighted by Crippen LogP contribution is 2.20. The predicted octanol–water partition coefficient (Wildman–Crippen LogP) is 0.281. The van der Waals surface area contributed by atoms with Gasteiger partial charge >= 0.3 is 12.1 Å². The maximum Gasteiger partial charge on any atom is 0.389 e. The van der Waals surface area contributed by atoms with Crippen molar-refractivity contribution in [2.75, 3.05) is 6.54 Å². The second kappa shape index (κ2) is 6.31. The molecule has 1 amide bonds. The van der Waals surface area contributed by atoms with Crippen LogP contribution in [0.25, 0.3) is 0 Å². The lowest BCUT2D eigenvalue weighted by atomic mass is 10.2. The molecule has 3 N–H and O–H groups in total. The number of rotatable bonds is 6. The maximum atomic E-state index is 11.7. The first-order chi connectivity index (χ1) is 7.22. The summed E-state index contributed by atoms with van der Waals surface area (Å²) in [7, 11) is 0. The van der Waals surface area contributed by atoms with Crippen molar-refractivity contribution in [3.63, 3.8) is 0 Å². The molecule has 0 aliphatic carbocycles. The summed E-state index contributed by atoms with van der Waals surface area (Å²) in [5.74, 6) is -2.26. The first kappa shape index (κ1) is 14.7. The second-order valence-electron chi connectivity index (χ2n) is 3.11. The molecule has 0 heterocycles. The monoisotopic (exact) mass is 243 g/mol. The molecule has 0 radical (unpaired) electrons. The van der Waals surface area contributed by atoms with E-state index in [1.54, 1.807) is 0 Å². The summed E-state index contributed by atoms with van der Waals surface area (Å²) in [4.78, 5) is 20.9. The molecule has 0 bridgehead atoms. The van der Waals surface area contributed by atoms with E-state index in [4.69, 9.17) is 10.2 Å². The van der Waals surface area contributed by atoms with Crippen LogP contribution >= 0.6 is 0 Å². The van der Waals surface area contributed by atoms with Crippen LogP contribution in [0, 0.1) is 0 Å². The molecule has 16 heavy (non-hydrogen) atoms. The Labute approximate surface area is 89.3 Å². The van der Waals surface area contributed by atoms with E-state index in [1.165, 1.54) is 0 Å². The molecule has 0 aliphatic rings. The number of carbonyl (C=O) groups is 2. The van der Waals surface area contributed by atoms with Gasteiger partial charge in [-0.15, -0.1) is 0 Å². The van der Waals surface area contributed by atoms with Gasteiger partial charge in [0.1, 0.15) is 0 Å². The Morgan fingerprint density at radius 2 is 1.88 bits per heavy atom. The van der Waals surface area contributed by atoms with Crippen LogP contribution in [0.3, 0.4) is 0 Å². The first-order valence-electron chi connectivity index (χ1n) is 4.46. The van der Waals surface area contributed by atoms with Crippen LogP contribution in [-0.4, -0.2) is 40.9 Å². The van der Waals surface area contributed by atoms with Crippen LogP contribution in [0.1, 0.15) is 19.3 Å². The van der Waals surface area contributed by atoms with Crippen LogP contribution in [-0.2, 0) is 9.59 Å². The third kappa shape index (κ3) is 8.04. The van der Waals surface area contributed by atoms with Crippen LogP contribution in [0.2, 0.25) is 0 Å². The van der Waals surface area contributed by atoms with Gasteiger partial charge in [0.25, 0.3) is 0 Å². The molecule has 0 fully saturated rings. The molecule has 0 spiro atoms. The summed E-state index contributed by atoms with van der Waals surface area (Å²) in [6.45, 7) is -0.176. The SMILES string of the molecule is O=C(CCC(F)(F)F)NCCC(O)C(=O)O. The molecule has 1 atom stereocenters. The van der Waals surface area contributed by atoms with Crippen molar-refractivity contribution >= 4 is 11.9 Å². The first-order valence-corrected chi connectivity index (χ1v) is 4.46. The summed E-state index contributed by atoms with van der Waals surface area (Å²) in [6.07, 6.45) is -8.18. The van der Waals surface area contributed by atoms with E-state index < -0.39 is 37.0 Å². The van der Waals surface area contributed by atoms with Gasteiger partial charge in [-0.3, -0.25) is 4.79 Å². The summed E-state index contributed by atoms with van der Waals surface area (Å²) in [6, 6.07) is 0. The smallest absolute Gasteiger partial charge is 0.389 e. The molecule has 0 aromatic rings. The van der Waals surface area contributed by atoms with E-state index in [0.717, 1.165) is 0 Å². The Kier molecular flexibility index (Phi) is 5.79. The van der Waals surface area contributed by atoms with E-state index in [1.807, 2.05) is 0 Å². The van der Waals surface area contributed by atoms with E-state index in [9.17, 15) is 22.8 Å². The molecule has 0 saturated heterocycles. The van der Waals surface area contributed by atoms with Crippen molar-refractivity contribution < 1.29 is 33.0 Å². The lowest BCUT2D eigenvalue weighted by Gasteiger charge is -2.08. The van der Waals surface area contributed by atoms with Crippen LogP contribution in [0.5, 0.6) is 0 Å². The van der Waals surface area contributed by atoms with Gasteiger partial charge in [0.2, 0.25) is 5.91 Å². The average molecular weight is 243 g/mol. The molecule has 0 saturated carbocycles. The minimum absolute atomic E-state index is 0.176. The van der Waals surface area contributed by atoms with Crippen molar-refractivity contribution in [3.05, 3.63) is 0 Å². The van der Waals surface area contributed by atoms with Crippen molar-refractivity contribution in [2.24, 2.45) is 0 Å². The van der Waals surface area contributed by atoms with E-state index in [2.05, 4.69) is 5.32 Å². The zero-order valence-corrected chi connectivity index (χ0v) is 8.25. The number of carboxylic acids is 1. The number of alkyl halides is 3. The normalized spacial score (nSPS) is 13.2. The average Bonchev–Trinajstić information content (AvgIpc) is 2.13. The van der Waals surface area contributed by atoms with Crippen molar-refractivity contribution in [2.45, 2.75) is 31.5 Å². The molecule has 0 aromatic heterocycles. The summed E-state index contributed by atoms with van der Waals surface area (Å²) < 4.78 is 35.0. The number of aliphatic hydroxyl groups excluding tert-OH is 1. The van der Waals surface area contributed by atoms with Gasteiger partial charge in [-0.05, 0) is 0 Å².